The van der Waals surface area contributed by atoms with Crippen molar-refractivity contribution in [2.45, 2.75) is 6.92 Å². The number of hydrogen-bond acceptors (Lipinski definition) is 2. The fourth-order valence-corrected chi connectivity index (χ4v) is 2.88. The van der Waals surface area contributed by atoms with Crippen molar-refractivity contribution >= 4 is 26.6 Å². The molecule has 0 saturated heterocycles. The molecule has 0 unspecified atom stereocenters. The van der Waals surface area contributed by atoms with E-state index in [0.717, 1.165) is 39.0 Å². The summed E-state index contributed by atoms with van der Waals surface area (Å²) in [5.74, 6) is 0.691. The van der Waals surface area contributed by atoms with E-state index in [-0.39, 0.29) is 0 Å². The van der Waals surface area contributed by atoms with Crippen molar-refractivity contribution in [1.29, 1.82) is 0 Å². The van der Waals surface area contributed by atoms with Gasteiger partial charge in [0, 0.05) is 16.7 Å². The largest absolute Gasteiger partial charge is 0.228 e. The second kappa shape index (κ2) is 7.24. The molecule has 3 aromatic carbocycles. The summed E-state index contributed by atoms with van der Waals surface area (Å²) in [4.78, 5) is 9.60. The first-order valence-electron chi connectivity index (χ1n) is 8.76. The van der Waals surface area contributed by atoms with Gasteiger partial charge in [-0.25, -0.2) is 9.97 Å². The third-order valence-electron chi connectivity index (χ3n) is 4.45. The Kier molecular flexibility index (Phi) is 4.64. The molecule has 0 aliphatic carbocycles. The summed E-state index contributed by atoms with van der Waals surface area (Å²) in [5.41, 5.74) is 7.34. The van der Waals surface area contributed by atoms with E-state index < -0.39 is 0 Å². The molecular weight excluding hydrogens is 326 g/mol. The minimum Gasteiger partial charge on any atom is -0.228 e. The molecule has 0 atom stereocenters. The summed E-state index contributed by atoms with van der Waals surface area (Å²) in [6, 6.07) is 25.6. The highest BCUT2D eigenvalue weighted by atomic mass is 14.9. The molecule has 124 valence electrons. The molecule has 0 amide bonds. The van der Waals surface area contributed by atoms with E-state index >= 15 is 0 Å². The fourth-order valence-electron chi connectivity index (χ4n) is 2.88. The van der Waals surface area contributed by atoms with Gasteiger partial charge in [0.2, 0.25) is 0 Å². The van der Waals surface area contributed by atoms with Gasteiger partial charge in [0.25, 0.3) is 0 Å². The van der Waals surface area contributed by atoms with Crippen molar-refractivity contribution in [2.75, 3.05) is 0 Å². The second-order valence-corrected chi connectivity index (χ2v) is 6.57. The van der Waals surface area contributed by atoms with Crippen molar-refractivity contribution in [3.05, 3.63) is 84.4 Å². The van der Waals surface area contributed by atoms with Gasteiger partial charge >= 0.3 is 0 Å². The Morgan fingerprint density at radius 1 is 0.556 bits per heavy atom. The Balaban J connectivity index is 1.89. The Bertz CT molecular complexity index is 917. The lowest BCUT2D eigenvalue weighted by atomic mass is 9.93. The molecule has 4 aromatic rings. The zero-order valence-electron chi connectivity index (χ0n) is 15.1. The van der Waals surface area contributed by atoms with Gasteiger partial charge < -0.3 is 0 Å². The van der Waals surface area contributed by atoms with Gasteiger partial charge in [-0.1, -0.05) is 89.3 Å². The lowest BCUT2D eigenvalue weighted by Crippen LogP contribution is -2.02. The minimum atomic E-state index is 0.691. The molecular formula is C23H16B2N2. The van der Waals surface area contributed by atoms with Gasteiger partial charge in [-0.05, 0) is 13.0 Å². The molecule has 4 radical (unpaired) electrons. The molecule has 0 aliphatic rings. The smallest absolute Gasteiger partial charge is 0.160 e. The Morgan fingerprint density at radius 3 is 1.41 bits per heavy atom. The standard InChI is InChI=1S/C23H16B2N2/c1-15-2-4-18(5-3-15)23-26-21(16-6-10-19(24)11-7-16)14-22(27-23)17-8-12-20(25)13-9-17/h2-14H,1H3. The van der Waals surface area contributed by atoms with E-state index in [9.17, 15) is 0 Å². The fraction of sp³-hybridized carbons (Fsp3) is 0.0435. The molecule has 0 N–H and O–H groups in total. The van der Waals surface area contributed by atoms with Crippen LogP contribution in [0, 0.1) is 6.92 Å². The predicted molar refractivity (Wildman–Crippen MR) is 114 cm³/mol. The van der Waals surface area contributed by atoms with E-state index in [0.29, 0.717) is 5.82 Å². The number of aromatic nitrogens is 2. The predicted octanol–water partition coefficient (Wildman–Crippen LogP) is 3.37. The number of hydrogen-bond donors (Lipinski definition) is 0. The van der Waals surface area contributed by atoms with E-state index in [1.807, 2.05) is 66.7 Å². The van der Waals surface area contributed by atoms with Crippen molar-refractivity contribution in [1.82, 2.24) is 9.97 Å². The van der Waals surface area contributed by atoms with Crippen LogP contribution in [-0.4, -0.2) is 25.7 Å². The quantitative estimate of drug-likeness (QED) is 0.534. The maximum atomic E-state index is 5.83. The number of aryl methyl sites for hydroxylation is 1. The zero-order chi connectivity index (χ0) is 18.8. The lowest BCUT2D eigenvalue weighted by Gasteiger charge is -2.10. The lowest BCUT2D eigenvalue weighted by molar-refractivity contribution is 1.18. The van der Waals surface area contributed by atoms with Gasteiger partial charge in [0.15, 0.2) is 5.82 Å². The Hall–Kier alpha value is -3.13. The molecule has 0 bridgehead atoms. The number of nitrogens with zero attached hydrogens (tertiary/aromatic N) is 2. The average molecular weight is 342 g/mol. The molecule has 0 saturated carbocycles. The van der Waals surface area contributed by atoms with Crippen molar-refractivity contribution < 1.29 is 0 Å². The summed E-state index contributed by atoms with van der Waals surface area (Å²) < 4.78 is 0. The maximum Gasteiger partial charge on any atom is 0.160 e. The summed E-state index contributed by atoms with van der Waals surface area (Å²) in [6.45, 7) is 2.06. The van der Waals surface area contributed by atoms with Crippen LogP contribution in [0.1, 0.15) is 5.56 Å². The van der Waals surface area contributed by atoms with Gasteiger partial charge in [0.05, 0.1) is 11.4 Å². The molecule has 2 nitrogen and oxygen atoms in total. The van der Waals surface area contributed by atoms with Crippen LogP contribution in [0.25, 0.3) is 33.9 Å². The Morgan fingerprint density at radius 2 is 0.963 bits per heavy atom. The highest BCUT2D eigenvalue weighted by Crippen LogP contribution is 2.27. The van der Waals surface area contributed by atoms with Crippen LogP contribution in [0.4, 0.5) is 0 Å². The highest BCUT2D eigenvalue weighted by molar-refractivity contribution is 6.32. The van der Waals surface area contributed by atoms with Crippen molar-refractivity contribution in [2.24, 2.45) is 0 Å². The van der Waals surface area contributed by atoms with Gasteiger partial charge in [-0.3, -0.25) is 0 Å². The molecule has 0 fully saturated rings. The molecule has 4 rings (SSSR count). The third kappa shape index (κ3) is 3.85. The summed E-state index contributed by atoms with van der Waals surface area (Å²) in [5, 5.41) is 0. The first-order chi connectivity index (χ1) is 13.1. The van der Waals surface area contributed by atoms with E-state index in [4.69, 9.17) is 25.7 Å². The van der Waals surface area contributed by atoms with E-state index in [1.54, 1.807) is 0 Å². The van der Waals surface area contributed by atoms with Gasteiger partial charge in [-0.15, -0.1) is 0 Å². The van der Waals surface area contributed by atoms with Gasteiger partial charge in [0.1, 0.15) is 15.7 Å². The van der Waals surface area contributed by atoms with Crippen LogP contribution in [0.3, 0.4) is 0 Å². The van der Waals surface area contributed by atoms with Crippen LogP contribution in [0.2, 0.25) is 0 Å². The normalized spacial score (nSPS) is 10.7. The molecule has 27 heavy (non-hydrogen) atoms. The topological polar surface area (TPSA) is 25.8 Å². The van der Waals surface area contributed by atoms with Gasteiger partial charge in [-0.2, -0.15) is 0 Å². The first-order valence-corrected chi connectivity index (χ1v) is 8.76. The highest BCUT2D eigenvalue weighted by Gasteiger charge is 2.10. The summed E-state index contributed by atoms with van der Waals surface area (Å²) in [6.07, 6.45) is 0. The molecule has 1 aromatic heterocycles. The summed E-state index contributed by atoms with van der Waals surface area (Å²) >= 11 is 0. The van der Waals surface area contributed by atoms with Crippen LogP contribution < -0.4 is 10.9 Å². The van der Waals surface area contributed by atoms with Crippen LogP contribution >= 0.6 is 0 Å². The third-order valence-corrected chi connectivity index (χ3v) is 4.45. The van der Waals surface area contributed by atoms with E-state index in [1.165, 1.54) is 5.56 Å². The van der Waals surface area contributed by atoms with Crippen LogP contribution in [0.15, 0.2) is 78.9 Å². The second-order valence-electron chi connectivity index (χ2n) is 6.57. The van der Waals surface area contributed by atoms with Crippen molar-refractivity contribution in [3.63, 3.8) is 0 Å². The first kappa shape index (κ1) is 17.3. The maximum absolute atomic E-state index is 5.83. The monoisotopic (exact) mass is 342 g/mol. The Labute approximate surface area is 162 Å². The molecule has 0 spiro atoms. The van der Waals surface area contributed by atoms with Crippen LogP contribution in [0.5, 0.6) is 0 Å². The zero-order valence-corrected chi connectivity index (χ0v) is 15.1. The van der Waals surface area contributed by atoms with Crippen LogP contribution in [-0.2, 0) is 0 Å². The van der Waals surface area contributed by atoms with E-state index in [2.05, 4.69) is 19.1 Å². The molecule has 0 aliphatic heterocycles. The minimum absolute atomic E-state index is 0.691. The molecule has 1 heterocycles. The summed E-state index contributed by atoms with van der Waals surface area (Å²) in [7, 11) is 11.7. The number of benzene rings is 3. The molecule has 4 heteroatoms. The number of rotatable bonds is 3. The SMILES string of the molecule is [B]c1ccc(-c2cc(-c3ccc([B])cc3)nc(-c3ccc(C)cc3)n2)cc1. The van der Waals surface area contributed by atoms with Crippen molar-refractivity contribution in [3.8, 4) is 33.9 Å². The average Bonchev–Trinajstić information content (AvgIpc) is 2.69.